The van der Waals surface area contributed by atoms with E-state index in [4.69, 9.17) is 0 Å². The van der Waals surface area contributed by atoms with Crippen LogP contribution >= 0.6 is 20.2 Å². The van der Waals surface area contributed by atoms with Gasteiger partial charge in [-0.2, -0.15) is 0 Å². The molecule has 0 aromatic heterocycles. The van der Waals surface area contributed by atoms with Gasteiger partial charge in [0, 0.05) is 0 Å². The Morgan fingerprint density at radius 1 is 1.00 bits per heavy atom. The molecule has 0 spiro atoms. The fourth-order valence-electron chi connectivity index (χ4n) is 2.96. The first-order valence-electron chi connectivity index (χ1n) is 7.34. The standard InChI is InChI=1S/C18H21GeS2/c1-13-14(2)16(4)19(15(13)3,20-17-9-5-6-10-17)21-18-11-7-8-12-18/h5-12,17H,1-4H3/q-1. The molecule has 21 heavy (non-hydrogen) atoms. The molecule has 0 saturated heterocycles. The van der Waals surface area contributed by atoms with Gasteiger partial charge in [-0.15, -0.1) is 0 Å². The van der Waals surface area contributed by atoms with Gasteiger partial charge >= 0.3 is 138 Å². The molecular weight excluding hydrogens is 353 g/mol. The molecule has 110 valence electrons. The van der Waals surface area contributed by atoms with Crippen LogP contribution in [0.25, 0.3) is 0 Å². The molecule has 0 atom stereocenters. The van der Waals surface area contributed by atoms with Crippen LogP contribution in [0.4, 0.5) is 0 Å². The quantitative estimate of drug-likeness (QED) is 0.473. The molecule has 1 aromatic rings. The molecule has 1 aliphatic carbocycles. The fourth-order valence-corrected chi connectivity index (χ4v) is 27.0. The van der Waals surface area contributed by atoms with Gasteiger partial charge in [0.2, 0.25) is 0 Å². The fraction of sp³-hybridized carbons (Fsp3) is 0.278. The van der Waals surface area contributed by atoms with Gasteiger partial charge in [0.15, 0.2) is 0 Å². The van der Waals surface area contributed by atoms with Gasteiger partial charge in [0.05, 0.1) is 0 Å². The summed E-state index contributed by atoms with van der Waals surface area (Å²) in [5.74, 6) is 0. The Morgan fingerprint density at radius 3 is 2.14 bits per heavy atom. The van der Waals surface area contributed by atoms with Crippen molar-refractivity contribution in [1.29, 1.82) is 0 Å². The third-order valence-corrected chi connectivity index (χ3v) is 28.3. The van der Waals surface area contributed by atoms with E-state index in [2.05, 4.69) is 96.4 Å². The average Bonchev–Trinajstić information content (AvgIpc) is 3.18. The monoisotopic (exact) mass is 375 g/mol. The van der Waals surface area contributed by atoms with Crippen LogP contribution in [0.15, 0.2) is 73.4 Å². The zero-order valence-electron chi connectivity index (χ0n) is 13.0. The van der Waals surface area contributed by atoms with Crippen LogP contribution in [0.2, 0.25) is 0 Å². The maximum atomic E-state index is 2.39. The molecule has 0 fully saturated rings. The first-order chi connectivity index (χ1) is 10.0. The molecule has 1 heterocycles. The number of allylic oxidation sites excluding steroid dienone is 6. The first-order valence-corrected chi connectivity index (χ1v) is 16.3. The molecule has 3 heteroatoms. The molecule has 0 unspecified atom stereocenters. The molecule has 3 rings (SSSR count). The van der Waals surface area contributed by atoms with Crippen molar-refractivity contribution in [3.8, 4) is 0 Å². The minimum atomic E-state index is -2.37. The van der Waals surface area contributed by atoms with Gasteiger partial charge in [-0.3, -0.25) is 0 Å². The summed E-state index contributed by atoms with van der Waals surface area (Å²) in [5, 5.41) is 0.552. The molecular formula is C18H21GeS2-. The molecule has 1 aromatic carbocycles. The van der Waals surface area contributed by atoms with Gasteiger partial charge in [-0.25, -0.2) is 0 Å². The summed E-state index contributed by atoms with van der Waals surface area (Å²) in [6.45, 7) is 9.41. The van der Waals surface area contributed by atoms with E-state index in [1.807, 2.05) is 0 Å². The summed E-state index contributed by atoms with van der Waals surface area (Å²) in [4.78, 5) is 1.44. The second kappa shape index (κ2) is 5.98. The van der Waals surface area contributed by atoms with Gasteiger partial charge in [-0.05, 0) is 0 Å². The zero-order chi connectivity index (χ0) is 15.0. The third kappa shape index (κ3) is 2.66. The van der Waals surface area contributed by atoms with Gasteiger partial charge < -0.3 is 0 Å². The van der Waals surface area contributed by atoms with E-state index in [1.54, 1.807) is 20.0 Å². The SMILES string of the molecule is CC1=[C](C)[Ge]([S]c2cc[cH-]c2)([S]C2C=CC=C2)[C](C)=C1C. The van der Waals surface area contributed by atoms with E-state index in [9.17, 15) is 0 Å². The zero-order valence-corrected chi connectivity index (χ0v) is 16.7. The van der Waals surface area contributed by atoms with Gasteiger partial charge in [-0.1, -0.05) is 0 Å². The molecule has 0 amide bonds. The number of hydrogen-bond donors (Lipinski definition) is 0. The van der Waals surface area contributed by atoms with Crippen molar-refractivity contribution in [2.75, 3.05) is 0 Å². The van der Waals surface area contributed by atoms with Crippen LogP contribution < -0.4 is 0 Å². The second-order valence-electron chi connectivity index (χ2n) is 5.69. The maximum absolute atomic E-state index is 2.39. The van der Waals surface area contributed by atoms with Crippen molar-refractivity contribution in [3.63, 3.8) is 0 Å². The Kier molecular flexibility index (Phi) is 4.40. The van der Waals surface area contributed by atoms with Crippen molar-refractivity contribution >= 4 is 31.2 Å². The van der Waals surface area contributed by atoms with Crippen molar-refractivity contribution in [2.24, 2.45) is 0 Å². The molecule has 0 N–H and O–H groups in total. The van der Waals surface area contributed by atoms with Crippen molar-refractivity contribution in [1.82, 2.24) is 0 Å². The molecule has 0 saturated carbocycles. The molecule has 0 nitrogen and oxygen atoms in total. The Hall–Kier alpha value is -0.447. The Labute approximate surface area is 137 Å². The van der Waals surface area contributed by atoms with E-state index >= 15 is 0 Å². The van der Waals surface area contributed by atoms with Crippen LogP contribution in [0, 0.1) is 0 Å². The van der Waals surface area contributed by atoms with E-state index < -0.39 is 11.0 Å². The normalized spacial score (nSPS) is 21.1. The van der Waals surface area contributed by atoms with Crippen LogP contribution in [-0.4, -0.2) is 16.2 Å². The van der Waals surface area contributed by atoms with E-state index in [0.717, 1.165) is 0 Å². The molecule has 0 bridgehead atoms. The summed E-state index contributed by atoms with van der Waals surface area (Å²) >= 11 is 0. The van der Waals surface area contributed by atoms with Crippen LogP contribution in [-0.2, 0) is 0 Å². The van der Waals surface area contributed by atoms with Crippen molar-refractivity contribution in [2.45, 2.75) is 37.8 Å². The predicted molar refractivity (Wildman–Crippen MR) is 100 cm³/mol. The van der Waals surface area contributed by atoms with Crippen LogP contribution in [0.5, 0.6) is 0 Å². The minimum absolute atomic E-state index is 0.552. The Bertz CT molecular complexity index is 623. The number of rotatable bonds is 4. The average molecular weight is 374 g/mol. The summed E-state index contributed by atoms with van der Waals surface area (Å²) in [5.41, 5.74) is 3.09. The van der Waals surface area contributed by atoms with E-state index in [-0.39, 0.29) is 0 Å². The van der Waals surface area contributed by atoms with Gasteiger partial charge in [0.1, 0.15) is 0 Å². The summed E-state index contributed by atoms with van der Waals surface area (Å²) in [6, 6.07) is 8.85. The van der Waals surface area contributed by atoms with Crippen LogP contribution in [0.3, 0.4) is 0 Å². The molecule has 2 aliphatic rings. The van der Waals surface area contributed by atoms with Crippen molar-refractivity contribution < 1.29 is 0 Å². The third-order valence-electron chi connectivity index (χ3n) is 4.58. The number of hydrogen-bond acceptors (Lipinski definition) is 2. The van der Waals surface area contributed by atoms with Gasteiger partial charge in [0.25, 0.3) is 0 Å². The second-order valence-corrected chi connectivity index (χ2v) is 23.4. The van der Waals surface area contributed by atoms with E-state index in [1.165, 1.54) is 4.90 Å². The molecule has 0 radical (unpaired) electrons. The predicted octanol–water partition coefficient (Wildman–Crippen LogP) is 5.93. The Balaban J connectivity index is 2.02. The van der Waals surface area contributed by atoms with Crippen LogP contribution in [0.1, 0.15) is 27.7 Å². The summed E-state index contributed by atoms with van der Waals surface area (Å²) in [7, 11) is 2.06. The topological polar surface area (TPSA) is 0 Å². The summed E-state index contributed by atoms with van der Waals surface area (Å²) in [6.07, 6.45) is 9.06. The molecule has 1 aliphatic heterocycles. The van der Waals surface area contributed by atoms with E-state index in [0.29, 0.717) is 5.25 Å². The summed E-state index contributed by atoms with van der Waals surface area (Å²) < 4.78 is 3.38. The Morgan fingerprint density at radius 2 is 1.62 bits per heavy atom. The first kappa shape index (κ1) is 15.4. The van der Waals surface area contributed by atoms with Crippen molar-refractivity contribution in [3.05, 3.63) is 68.5 Å².